The van der Waals surface area contributed by atoms with Crippen LogP contribution in [0.4, 0.5) is 0 Å². The largest absolute Gasteiger partial charge is 0.457 e. The number of aryl methyl sites for hydroxylation is 2. The molecule has 0 unspecified atom stereocenters. The molecule has 6 aromatic rings. The molecule has 0 saturated carbocycles. The topological polar surface area (TPSA) is 71.2 Å². The molecule has 0 N–H and O–H groups in total. The van der Waals surface area contributed by atoms with Crippen LogP contribution < -0.4 is 9.47 Å². The van der Waals surface area contributed by atoms with Gasteiger partial charge in [0.1, 0.15) is 23.0 Å². The minimum absolute atomic E-state index is 0.254. The summed E-state index contributed by atoms with van der Waals surface area (Å²) in [6.45, 7) is 0. The molecule has 0 atom stereocenters. The molecule has 40 heavy (non-hydrogen) atoms. The van der Waals surface area contributed by atoms with E-state index in [4.69, 9.17) is 9.47 Å². The fourth-order valence-corrected chi connectivity index (χ4v) is 4.37. The van der Waals surface area contributed by atoms with Gasteiger partial charge in [0, 0.05) is 37.6 Å². The number of nitrogens with zero attached hydrogens (tertiary/aromatic N) is 4. The Balaban J connectivity index is 1.19. The molecular weight excluding hydrogens is 500 g/mol. The van der Waals surface area contributed by atoms with Gasteiger partial charge in [-0.1, -0.05) is 36.4 Å². The van der Waals surface area contributed by atoms with Gasteiger partial charge in [0.05, 0.1) is 11.4 Å². The second-order valence-electron chi connectivity index (χ2n) is 9.33. The number of para-hydroxylation sites is 2. The number of imidazole rings is 2. The Morgan fingerprint density at radius 1 is 0.525 bits per heavy atom. The first-order valence-electron chi connectivity index (χ1n) is 12.8. The maximum absolute atomic E-state index is 13.5. The smallest absolute Gasteiger partial charge is 0.263 e. The molecule has 4 aromatic carbocycles. The van der Waals surface area contributed by atoms with Crippen molar-refractivity contribution in [2.24, 2.45) is 14.1 Å². The average Bonchev–Trinajstić information content (AvgIpc) is 3.57. The molecule has 0 aliphatic heterocycles. The summed E-state index contributed by atoms with van der Waals surface area (Å²) in [7, 11) is 3.62. The fourth-order valence-electron chi connectivity index (χ4n) is 4.37. The molecule has 0 bridgehead atoms. The molecule has 0 spiro atoms. The molecule has 2 aromatic heterocycles. The maximum atomic E-state index is 13.5. The summed E-state index contributed by atoms with van der Waals surface area (Å²) in [5.41, 5.74) is 3.16. The molecule has 7 heteroatoms. The Labute approximate surface area is 231 Å². The van der Waals surface area contributed by atoms with Crippen LogP contribution in [0.5, 0.6) is 23.0 Å². The third-order valence-corrected chi connectivity index (χ3v) is 6.42. The minimum Gasteiger partial charge on any atom is -0.457 e. The highest BCUT2D eigenvalue weighted by Gasteiger charge is 2.22. The lowest BCUT2D eigenvalue weighted by Gasteiger charge is -2.05. The third-order valence-electron chi connectivity index (χ3n) is 6.42. The molecule has 0 radical (unpaired) electrons. The second-order valence-corrected chi connectivity index (χ2v) is 9.33. The Bertz CT molecular complexity index is 1620. The number of ketones is 1. The fraction of sp³-hybridized carbons (Fsp3) is 0.0606. The van der Waals surface area contributed by atoms with Gasteiger partial charge in [-0.2, -0.15) is 0 Å². The van der Waals surface area contributed by atoms with Crippen LogP contribution in [0.3, 0.4) is 0 Å². The first kappa shape index (κ1) is 24.9. The summed E-state index contributed by atoms with van der Waals surface area (Å²) in [5.74, 6) is 3.36. The van der Waals surface area contributed by atoms with Crippen molar-refractivity contribution in [1.29, 1.82) is 0 Å². The van der Waals surface area contributed by atoms with Gasteiger partial charge < -0.3 is 18.6 Å². The number of aromatic nitrogens is 4. The second kappa shape index (κ2) is 10.7. The summed E-state index contributed by atoms with van der Waals surface area (Å²) < 4.78 is 15.2. The van der Waals surface area contributed by atoms with Gasteiger partial charge in [-0.15, -0.1) is 0 Å². The van der Waals surface area contributed by atoms with Crippen molar-refractivity contribution in [2.75, 3.05) is 0 Å². The van der Waals surface area contributed by atoms with Crippen molar-refractivity contribution >= 4 is 5.78 Å². The number of carbonyl (C=O) groups is 1. The van der Waals surface area contributed by atoms with Crippen molar-refractivity contribution in [1.82, 2.24) is 19.1 Å². The van der Waals surface area contributed by atoms with Crippen LogP contribution in [0.1, 0.15) is 16.4 Å². The van der Waals surface area contributed by atoms with E-state index in [1.165, 1.54) is 0 Å². The van der Waals surface area contributed by atoms with Crippen LogP contribution in [-0.2, 0) is 14.1 Å². The van der Waals surface area contributed by atoms with E-state index in [2.05, 4.69) is 9.97 Å². The summed E-state index contributed by atoms with van der Waals surface area (Å²) >= 11 is 0. The van der Waals surface area contributed by atoms with Crippen molar-refractivity contribution in [3.63, 3.8) is 0 Å². The molecule has 196 valence electrons. The number of carbonyl (C=O) groups excluding carboxylic acids is 1. The highest BCUT2D eigenvalue weighted by molar-refractivity contribution is 6.05. The molecule has 0 amide bonds. The summed E-state index contributed by atoms with van der Waals surface area (Å²) in [6.07, 6.45) is 3.69. The minimum atomic E-state index is -0.254. The monoisotopic (exact) mass is 526 g/mol. The zero-order chi connectivity index (χ0) is 27.5. The highest BCUT2D eigenvalue weighted by Crippen LogP contribution is 2.28. The van der Waals surface area contributed by atoms with Crippen LogP contribution in [0.25, 0.3) is 22.5 Å². The van der Waals surface area contributed by atoms with Crippen LogP contribution in [-0.4, -0.2) is 24.9 Å². The Kier molecular flexibility index (Phi) is 6.68. The lowest BCUT2D eigenvalue weighted by atomic mass is 10.1. The predicted molar refractivity (Wildman–Crippen MR) is 154 cm³/mol. The SMILES string of the molecule is Cn1cc(-c2ccc(Oc3ccccc3)cc2)nc1C(=O)c1nc(-c2ccc(Oc3ccccc3)cc2)cn1C. The van der Waals surface area contributed by atoms with E-state index < -0.39 is 0 Å². The van der Waals surface area contributed by atoms with Crippen LogP contribution in [0.2, 0.25) is 0 Å². The van der Waals surface area contributed by atoms with Gasteiger partial charge in [-0.25, -0.2) is 9.97 Å². The lowest BCUT2D eigenvalue weighted by Crippen LogP contribution is -2.13. The zero-order valence-corrected chi connectivity index (χ0v) is 22.1. The highest BCUT2D eigenvalue weighted by atomic mass is 16.5. The van der Waals surface area contributed by atoms with Gasteiger partial charge >= 0.3 is 0 Å². The lowest BCUT2D eigenvalue weighted by molar-refractivity contribution is 0.101. The Hall–Kier alpha value is -5.43. The standard InChI is InChI=1S/C33H26N4O3/c1-36-21-29(23-13-17-27(18-14-23)39-25-9-5-3-6-10-25)34-32(36)31(38)33-35-30(22-37(33)2)24-15-19-28(20-16-24)40-26-11-7-4-8-12-26/h3-22H,1-2H3. The van der Waals surface area contributed by atoms with Crippen LogP contribution in [0.15, 0.2) is 122 Å². The van der Waals surface area contributed by atoms with Gasteiger partial charge in [-0.3, -0.25) is 4.79 Å². The molecule has 0 fully saturated rings. The van der Waals surface area contributed by atoms with E-state index in [1.54, 1.807) is 9.13 Å². The van der Waals surface area contributed by atoms with Gasteiger partial charge in [-0.05, 0) is 72.8 Å². The van der Waals surface area contributed by atoms with Gasteiger partial charge in [0.15, 0.2) is 11.6 Å². The molecule has 7 nitrogen and oxygen atoms in total. The average molecular weight is 527 g/mol. The number of rotatable bonds is 8. The first-order chi connectivity index (χ1) is 19.5. The third kappa shape index (κ3) is 5.26. The van der Waals surface area contributed by atoms with Gasteiger partial charge in [0.25, 0.3) is 5.78 Å². The molecular formula is C33H26N4O3. The molecule has 6 rings (SSSR count). The molecule has 0 aliphatic carbocycles. The van der Waals surface area contributed by atoms with Crippen LogP contribution >= 0.6 is 0 Å². The number of hydrogen-bond donors (Lipinski definition) is 0. The quantitative estimate of drug-likeness (QED) is 0.195. The molecule has 2 heterocycles. The summed E-state index contributed by atoms with van der Waals surface area (Å²) in [4.78, 5) is 22.8. The summed E-state index contributed by atoms with van der Waals surface area (Å²) in [6, 6.07) is 34.5. The summed E-state index contributed by atoms with van der Waals surface area (Å²) in [5, 5.41) is 0. The Morgan fingerprint density at radius 3 is 1.25 bits per heavy atom. The van der Waals surface area contributed by atoms with Crippen molar-refractivity contribution in [3.05, 3.63) is 133 Å². The maximum Gasteiger partial charge on any atom is 0.263 e. The Morgan fingerprint density at radius 2 is 0.875 bits per heavy atom. The number of hydrogen-bond acceptors (Lipinski definition) is 5. The van der Waals surface area contributed by atoms with E-state index in [0.29, 0.717) is 23.0 Å². The van der Waals surface area contributed by atoms with E-state index in [9.17, 15) is 4.79 Å². The van der Waals surface area contributed by atoms with E-state index >= 15 is 0 Å². The van der Waals surface area contributed by atoms with Crippen molar-refractivity contribution in [3.8, 4) is 45.5 Å². The van der Waals surface area contributed by atoms with Crippen molar-refractivity contribution < 1.29 is 14.3 Å². The van der Waals surface area contributed by atoms with E-state index in [1.807, 2.05) is 136 Å². The molecule has 0 aliphatic rings. The number of ether oxygens (including phenoxy) is 2. The van der Waals surface area contributed by atoms with Crippen LogP contribution in [0, 0.1) is 0 Å². The van der Waals surface area contributed by atoms with Gasteiger partial charge in [0.2, 0.25) is 0 Å². The number of benzene rings is 4. The van der Waals surface area contributed by atoms with Crippen molar-refractivity contribution in [2.45, 2.75) is 0 Å². The molecule has 0 saturated heterocycles. The zero-order valence-electron chi connectivity index (χ0n) is 22.1. The first-order valence-corrected chi connectivity index (χ1v) is 12.8. The van der Waals surface area contributed by atoms with E-state index in [-0.39, 0.29) is 5.78 Å². The predicted octanol–water partition coefficient (Wildman–Crippen LogP) is 7.30. The normalized spacial score (nSPS) is 10.8. The van der Waals surface area contributed by atoms with E-state index in [0.717, 1.165) is 34.1 Å².